The van der Waals surface area contributed by atoms with Crippen LogP contribution in [0.1, 0.15) is 26.7 Å². The van der Waals surface area contributed by atoms with Crippen molar-refractivity contribution in [2.45, 2.75) is 43.7 Å². The van der Waals surface area contributed by atoms with Crippen LogP contribution in [-0.2, 0) is 19.6 Å². The first kappa shape index (κ1) is 15.5. The quantitative estimate of drug-likeness (QED) is 0.895. The number of nitrogens with one attached hydrogen (secondary N) is 1. The molecule has 1 fully saturated rings. The third kappa shape index (κ3) is 3.07. The van der Waals surface area contributed by atoms with Gasteiger partial charge in [-0.05, 0) is 32.4 Å². The van der Waals surface area contributed by atoms with Crippen LogP contribution in [-0.4, -0.2) is 36.6 Å². The Balaban J connectivity index is 2.35. The first-order valence-corrected chi connectivity index (χ1v) is 8.20. The first-order chi connectivity index (χ1) is 9.84. The standard InChI is InChI=1S/C14H18N2O4S/c1-10(2)15-14(18)12-8-9-13(17)16(12)21(19,20)11-6-4-3-5-7-11/h3-7,10,12H,8-9H2,1-2H3,(H,15,18). The lowest BCUT2D eigenvalue weighted by molar-refractivity contribution is -0.130. The van der Waals surface area contributed by atoms with E-state index in [4.69, 9.17) is 0 Å². The van der Waals surface area contributed by atoms with Crippen molar-refractivity contribution in [3.05, 3.63) is 30.3 Å². The fourth-order valence-electron chi connectivity index (χ4n) is 2.29. The maximum Gasteiger partial charge on any atom is 0.267 e. The summed E-state index contributed by atoms with van der Waals surface area (Å²) in [5.41, 5.74) is 0. The minimum Gasteiger partial charge on any atom is -0.352 e. The van der Waals surface area contributed by atoms with Crippen LogP contribution in [0, 0.1) is 0 Å². The van der Waals surface area contributed by atoms with E-state index in [1.54, 1.807) is 32.0 Å². The first-order valence-electron chi connectivity index (χ1n) is 6.76. The van der Waals surface area contributed by atoms with Crippen LogP contribution in [0.5, 0.6) is 0 Å². The van der Waals surface area contributed by atoms with Gasteiger partial charge in [-0.2, -0.15) is 0 Å². The molecule has 0 aliphatic carbocycles. The zero-order valence-electron chi connectivity index (χ0n) is 11.9. The molecular formula is C14H18N2O4S. The largest absolute Gasteiger partial charge is 0.352 e. The highest BCUT2D eigenvalue weighted by Gasteiger charge is 2.44. The molecule has 1 saturated heterocycles. The molecule has 0 aromatic heterocycles. The second kappa shape index (κ2) is 5.85. The van der Waals surface area contributed by atoms with Gasteiger partial charge in [0.25, 0.3) is 10.0 Å². The third-order valence-corrected chi connectivity index (χ3v) is 5.04. The maximum atomic E-state index is 12.6. The van der Waals surface area contributed by atoms with Crippen LogP contribution in [0.25, 0.3) is 0 Å². The molecule has 0 spiro atoms. The van der Waals surface area contributed by atoms with Crippen molar-refractivity contribution in [1.82, 2.24) is 9.62 Å². The summed E-state index contributed by atoms with van der Waals surface area (Å²) in [4.78, 5) is 24.1. The summed E-state index contributed by atoms with van der Waals surface area (Å²) in [7, 11) is -3.99. The number of rotatable bonds is 4. The molecular weight excluding hydrogens is 292 g/mol. The monoisotopic (exact) mass is 310 g/mol. The highest BCUT2D eigenvalue weighted by atomic mass is 32.2. The predicted octanol–water partition coefficient (Wildman–Crippen LogP) is 0.891. The van der Waals surface area contributed by atoms with E-state index in [9.17, 15) is 18.0 Å². The lowest BCUT2D eigenvalue weighted by Crippen LogP contribution is -2.48. The third-order valence-electron chi connectivity index (χ3n) is 3.19. The summed E-state index contributed by atoms with van der Waals surface area (Å²) in [6.45, 7) is 3.56. The molecule has 1 N–H and O–H groups in total. The van der Waals surface area contributed by atoms with Crippen molar-refractivity contribution in [1.29, 1.82) is 0 Å². The molecule has 1 unspecified atom stereocenters. The number of carbonyl (C=O) groups is 2. The van der Waals surface area contributed by atoms with E-state index in [2.05, 4.69) is 5.32 Å². The molecule has 1 atom stereocenters. The van der Waals surface area contributed by atoms with Crippen LogP contribution >= 0.6 is 0 Å². The molecule has 1 aliphatic rings. The molecule has 1 aromatic carbocycles. The van der Waals surface area contributed by atoms with E-state index in [0.29, 0.717) is 0 Å². The summed E-state index contributed by atoms with van der Waals surface area (Å²) in [6, 6.07) is 6.59. The normalized spacial score (nSPS) is 19.1. The Morgan fingerprint density at radius 2 is 1.90 bits per heavy atom. The van der Waals surface area contributed by atoms with Crippen LogP contribution in [0.15, 0.2) is 35.2 Å². The van der Waals surface area contributed by atoms with E-state index >= 15 is 0 Å². The van der Waals surface area contributed by atoms with Gasteiger partial charge in [0.05, 0.1) is 4.90 Å². The van der Waals surface area contributed by atoms with Crippen molar-refractivity contribution in [2.75, 3.05) is 0 Å². The Hall–Kier alpha value is -1.89. The molecule has 21 heavy (non-hydrogen) atoms. The molecule has 114 valence electrons. The lowest BCUT2D eigenvalue weighted by atomic mass is 10.2. The fraction of sp³-hybridized carbons (Fsp3) is 0.429. The SMILES string of the molecule is CC(C)NC(=O)C1CCC(=O)N1S(=O)(=O)c1ccccc1. The summed E-state index contributed by atoms with van der Waals surface area (Å²) >= 11 is 0. The van der Waals surface area contributed by atoms with Crippen LogP contribution in [0.4, 0.5) is 0 Å². The smallest absolute Gasteiger partial charge is 0.267 e. The number of amides is 2. The topological polar surface area (TPSA) is 83.6 Å². The van der Waals surface area contributed by atoms with Gasteiger partial charge in [-0.3, -0.25) is 9.59 Å². The van der Waals surface area contributed by atoms with Gasteiger partial charge in [0.15, 0.2) is 0 Å². The molecule has 1 aliphatic heterocycles. The Kier molecular flexibility index (Phi) is 4.32. The number of carbonyl (C=O) groups excluding carboxylic acids is 2. The van der Waals surface area contributed by atoms with Crippen LogP contribution in [0.2, 0.25) is 0 Å². The van der Waals surface area contributed by atoms with E-state index in [0.717, 1.165) is 4.31 Å². The summed E-state index contributed by atoms with van der Waals surface area (Å²) in [6.07, 6.45) is 0.270. The number of hydrogen-bond donors (Lipinski definition) is 1. The van der Waals surface area contributed by atoms with Crippen molar-refractivity contribution < 1.29 is 18.0 Å². The highest BCUT2D eigenvalue weighted by Crippen LogP contribution is 2.27. The van der Waals surface area contributed by atoms with Crippen molar-refractivity contribution in [3.8, 4) is 0 Å². The lowest BCUT2D eigenvalue weighted by Gasteiger charge is -2.24. The molecule has 0 radical (unpaired) electrons. The molecule has 2 amide bonds. The summed E-state index contributed by atoms with van der Waals surface area (Å²) in [5, 5.41) is 2.66. The number of nitrogens with zero attached hydrogens (tertiary/aromatic N) is 1. The van der Waals surface area contributed by atoms with Gasteiger partial charge in [-0.15, -0.1) is 0 Å². The fourth-order valence-corrected chi connectivity index (χ4v) is 3.91. The van der Waals surface area contributed by atoms with Gasteiger partial charge in [-0.25, -0.2) is 12.7 Å². The average Bonchev–Trinajstić information content (AvgIpc) is 2.81. The molecule has 1 heterocycles. The van der Waals surface area contributed by atoms with Crippen molar-refractivity contribution in [2.24, 2.45) is 0 Å². The number of benzene rings is 1. The second-order valence-electron chi connectivity index (χ2n) is 5.23. The molecule has 0 bridgehead atoms. The van der Waals surface area contributed by atoms with E-state index in [1.165, 1.54) is 12.1 Å². The minimum absolute atomic E-state index is 0.0163. The molecule has 7 heteroatoms. The van der Waals surface area contributed by atoms with Gasteiger partial charge >= 0.3 is 0 Å². The second-order valence-corrected chi connectivity index (χ2v) is 7.04. The molecule has 0 saturated carbocycles. The Morgan fingerprint density at radius 3 is 2.48 bits per heavy atom. The zero-order valence-corrected chi connectivity index (χ0v) is 12.8. The van der Waals surface area contributed by atoms with Gasteiger partial charge in [0.1, 0.15) is 6.04 Å². The molecule has 6 nitrogen and oxygen atoms in total. The molecule has 2 rings (SSSR count). The Bertz CT molecular complexity index is 640. The summed E-state index contributed by atoms with van der Waals surface area (Å²) in [5.74, 6) is -0.974. The Labute approximate surface area is 124 Å². The van der Waals surface area contributed by atoms with Crippen LogP contribution < -0.4 is 5.32 Å². The highest BCUT2D eigenvalue weighted by molar-refractivity contribution is 7.89. The Morgan fingerprint density at radius 1 is 1.29 bits per heavy atom. The minimum atomic E-state index is -3.99. The van der Waals surface area contributed by atoms with E-state index < -0.39 is 27.9 Å². The maximum absolute atomic E-state index is 12.6. The number of sulfonamides is 1. The van der Waals surface area contributed by atoms with E-state index in [-0.39, 0.29) is 23.8 Å². The van der Waals surface area contributed by atoms with Crippen LogP contribution in [0.3, 0.4) is 0 Å². The van der Waals surface area contributed by atoms with Gasteiger partial charge < -0.3 is 5.32 Å². The number of hydrogen-bond acceptors (Lipinski definition) is 4. The van der Waals surface area contributed by atoms with Gasteiger partial charge in [-0.1, -0.05) is 18.2 Å². The van der Waals surface area contributed by atoms with Crippen molar-refractivity contribution in [3.63, 3.8) is 0 Å². The zero-order chi connectivity index (χ0) is 15.6. The van der Waals surface area contributed by atoms with Crippen molar-refractivity contribution >= 4 is 21.8 Å². The van der Waals surface area contributed by atoms with Gasteiger partial charge in [0.2, 0.25) is 11.8 Å². The summed E-state index contributed by atoms with van der Waals surface area (Å²) < 4.78 is 25.9. The molecule has 1 aromatic rings. The van der Waals surface area contributed by atoms with Gasteiger partial charge in [0, 0.05) is 12.5 Å². The van der Waals surface area contributed by atoms with E-state index in [1.807, 2.05) is 0 Å². The predicted molar refractivity (Wildman–Crippen MR) is 76.8 cm³/mol. The average molecular weight is 310 g/mol.